The van der Waals surface area contributed by atoms with Gasteiger partial charge in [0, 0.05) is 30.2 Å². The van der Waals surface area contributed by atoms with E-state index in [2.05, 4.69) is 5.32 Å². The number of aromatic nitrogens is 1. The summed E-state index contributed by atoms with van der Waals surface area (Å²) in [5.41, 5.74) is 1.45. The van der Waals surface area contributed by atoms with Crippen LogP contribution in [0, 0.1) is 0 Å². The Balaban J connectivity index is 1.86. The number of carbonyl (C=O) groups is 2. The highest BCUT2D eigenvalue weighted by Gasteiger charge is 2.24. The monoisotopic (exact) mass is 270 g/mol. The molecule has 0 spiro atoms. The number of hydrogen-bond acceptors (Lipinski definition) is 2. The summed E-state index contributed by atoms with van der Waals surface area (Å²) in [6.07, 6.45) is 5.96. The molecule has 1 N–H and O–H groups in total. The van der Waals surface area contributed by atoms with Gasteiger partial charge < -0.3 is 9.88 Å². The van der Waals surface area contributed by atoms with Crippen molar-refractivity contribution in [1.82, 2.24) is 9.88 Å². The number of aryl methyl sites for hydroxylation is 1. The SMILES string of the molecule is Cn1cc(C(=O)C(=O)NC2CCCC2)c2ccccc21. The van der Waals surface area contributed by atoms with Crippen molar-refractivity contribution >= 4 is 22.6 Å². The zero-order chi connectivity index (χ0) is 14.1. The predicted molar refractivity (Wildman–Crippen MR) is 77.6 cm³/mol. The number of rotatable bonds is 3. The van der Waals surface area contributed by atoms with E-state index in [-0.39, 0.29) is 6.04 Å². The fourth-order valence-electron chi connectivity index (χ4n) is 2.97. The number of Topliss-reactive ketones (excluding diaryl/α,β-unsaturated/α-hetero) is 1. The topological polar surface area (TPSA) is 51.1 Å². The van der Waals surface area contributed by atoms with Crippen molar-refractivity contribution in [2.45, 2.75) is 31.7 Å². The molecule has 1 aromatic carbocycles. The highest BCUT2D eigenvalue weighted by molar-refractivity contribution is 6.45. The normalized spacial score (nSPS) is 15.7. The second kappa shape index (κ2) is 5.12. The van der Waals surface area contributed by atoms with E-state index in [4.69, 9.17) is 0 Å². The van der Waals surface area contributed by atoms with Crippen LogP contribution in [0.25, 0.3) is 10.9 Å². The summed E-state index contributed by atoms with van der Waals surface area (Å²) in [4.78, 5) is 24.4. The van der Waals surface area contributed by atoms with E-state index < -0.39 is 11.7 Å². The van der Waals surface area contributed by atoms with Crippen LogP contribution in [0.3, 0.4) is 0 Å². The number of amides is 1. The first-order chi connectivity index (χ1) is 9.66. The third-order valence-electron chi connectivity index (χ3n) is 4.04. The Morgan fingerprint density at radius 3 is 2.65 bits per heavy atom. The Morgan fingerprint density at radius 2 is 1.90 bits per heavy atom. The minimum absolute atomic E-state index is 0.168. The van der Waals surface area contributed by atoms with E-state index in [1.54, 1.807) is 6.20 Å². The molecule has 1 aliphatic rings. The lowest BCUT2D eigenvalue weighted by atomic mass is 10.1. The molecule has 1 aromatic heterocycles. The summed E-state index contributed by atoms with van der Waals surface area (Å²) in [5.74, 6) is -0.915. The number of hydrogen-bond donors (Lipinski definition) is 1. The van der Waals surface area contributed by atoms with E-state index >= 15 is 0 Å². The molecule has 4 heteroatoms. The lowest BCUT2D eigenvalue weighted by Gasteiger charge is -2.10. The number of fused-ring (bicyclic) bond motifs is 1. The number of nitrogens with one attached hydrogen (secondary N) is 1. The minimum atomic E-state index is -0.478. The number of benzene rings is 1. The molecule has 0 atom stereocenters. The number of nitrogens with zero attached hydrogens (tertiary/aromatic N) is 1. The van der Waals surface area contributed by atoms with Gasteiger partial charge in [0.05, 0.1) is 5.56 Å². The third kappa shape index (κ3) is 2.22. The van der Waals surface area contributed by atoms with Gasteiger partial charge in [-0.3, -0.25) is 9.59 Å². The second-order valence-corrected chi connectivity index (χ2v) is 5.45. The molecule has 0 unspecified atom stereocenters. The van der Waals surface area contributed by atoms with Crippen molar-refractivity contribution in [1.29, 1.82) is 0 Å². The minimum Gasteiger partial charge on any atom is -0.350 e. The molecule has 0 radical (unpaired) electrons. The van der Waals surface area contributed by atoms with Gasteiger partial charge in [0.1, 0.15) is 0 Å². The molecule has 3 rings (SSSR count). The zero-order valence-corrected chi connectivity index (χ0v) is 11.6. The van der Waals surface area contributed by atoms with Gasteiger partial charge in [0.25, 0.3) is 11.7 Å². The molecule has 4 nitrogen and oxygen atoms in total. The maximum Gasteiger partial charge on any atom is 0.292 e. The fraction of sp³-hybridized carbons (Fsp3) is 0.375. The number of para-hydroxylation sites is 1. The highest BCUT2D eigenvalue weighted by Crippen LogP contribution is 2.21. The van der Waals surface area contributed by atoms with Crippen molar-refractivity contribution < 1.29 is 9.59 Å². The van der Waals surface area contributed by atoms with Crippen LogP contribution in [0.2, 0.25) is 0 Å². The van der Waals surface area contributed by atoms with Gasteiger partial charge in [-0.25, -0.2) is 0 Å². The molecular weight excluding hydrogens is 252 g/mol. The Kier molecular flexibility index (Phi) is 3.30. The van der Waals surface area contributed by atoms with Crippen LogP contribution in [0.5, 0.6) is 0 Å². The Hall–Kier alpha value is -2.10. The zero-order valence-electron chi connectivity index (χ0n) is 11.6. The molecule has 1 amide bonds. The molecule has 20 heavy (non-hydrogen) atoms. The summed E-state index contributed by atoms with van der Waals surface area (Å²) < 4.78 is 1.88. The smallest absolute Gasteiger partial charge is 0.292 e. The molecule has 1 heterocycles. The standard InChI is InChI=1S/C16H18N2O2/c1-18-10-13(12-8-4-5-9-14(12)18)15(19)16(20)17-11-6-2-3-7-11/h4-5,8-11H,2-3,6-7H2,1H3,(H,17,20). The molecule has 0 saturated heterocycles. The first-order valence-electron chi connectivity index (χ1n) is 7.06. The molecule has 1 saturated carbocycles. The average molecular weight is 270 g/mol. The summed E-state index contributed by atoms with van der Waals surface area (Å²) in [5, 5.41) is 3.69. The summed E-state index contributed by atoms with van der Waals surface area (Å²) in [6, 6.07) is 7.80. The maximum absolute atomic E-state index is 12.3. The molecule has 1 fully saturated rings. The van der Waals surface area contributed by atoms with Crippen LogP contribution in [0.15, 0.2) is 30.5 Å². The largest absolute Gasteiger partial charge is 0.350 e. The van der Waals surface area contributed by atoms with Crippen molar-refractivity contribution in [3.63, 3.8) is 0 Å². The van der Waals surface area contributed by atoms with Crippen molar-refractivity contribution in [3.8, 4) is 0 Å². The summed E-state index contributed by atoms with van der Waals surface area (Å²) >= 11 is 0. The molecule has 1 aliphatic carbocycles. The lowest BCUT2D eigenvalue weighted by molar-refractivity contribution is -0.117. The van der Waals surface area contributed by atoms with E-state index in [9.17, 15) is 9.59 Å². The van der Waals surface area contributed by atoms with E-state index in [1.165, 1.54) is 0 Å². The van der Waals surface area contributed by atoms with Gasteiger partial charge in [-0.1, -0.05) is 31.0 Å². The van der Waals surface area contributed by atoms with Crippen molar-refractivity contribution in [3.05, 3.63) is 36.0 Å². The Labute approximate surface area is 117 Å². The van der Waals surface area contributed by atoms with Gasteiger partial charge >= 0.3 is 0 Å². The summed E-state index contributed by atoms with van der Waals surface area (Å²) in [6.45, 7) is 0. The third-order valence-corrected chi connectivity index (χ3v) is 4.04. The summed E-state index contributed by atoms with van der Waals surface area (Å²) in [7, 11) is 1.88. The van der Waals surface area contributed by atoms with Crippen LogP contribution >= 0.6 is 0 Å². The van der Waals surface area contributed by atoms with Gasteiger partial charge in [-0.15, -0.1) is 0 Å². The van der Waals surface area contributed by atoms with Gasteiger partial charge in [0.2, 0.25) is 0 Å². The first kappa shape index (κ1) is 12.9. The number of carbonyl (C=O) groups excluding carboxylic acids is 2. The van der Waals surface area contributed by atoms with Gasteiger partial charge in [0.15, 0.2) is 0 Å². The van der Waals surface area contributed by atoms with Gasteiger partial charge in [-0.2, -0.15) is 0 Å². The Morgan fingerprint density at radius 1 is 1.20 bits per heavy atom. The first-order valence-corrected chi connectivity index (χ1v) is 7.06. The highest BCUT2D eigenvalue weighted by atomic mass is 16.2. The predicted octanol–water partition coefficient (Wildman–Crippen LogP) is 2.42. The molecule has 0 bridgehead atoms. The maximum atomic E-state index is 12.3. The lowest BCUT2D eigenvalue weighted by Crippen LogP contribution is -2.37. The van der Waals surface area contributed by atoms with Crippen LogP contribution in [-0.4, -0.2) is 22.3 Å². The van der Waals surface area contributed by atoms with Crippen LogP contribution in [0.4, 0.5) is 0 Å². The van der Waals surface area contributed by atoms with E-state index in [0.29, 0.717) is 5.56 Å². The molecule has 104 valence electrons. The fourth-order valence-corrected chi connectivity index (χ4v) is 2.97. The number of ketones is 1. The molecule has 2 aromatic rings. The van der Waals surface area contributed by atoms with Crippen LogP contribution in [0.1, 0.15) is 36.0 Å². The quantitative estimate of drug-likeness (QED) is 0.688. The average Bonchev–Trinajstić information content (AvgIpc) is 3.07. The van der Waals surface area contributed by atoms with Crippen LogP contribution < -0.4 is 5.32 Å². The molecule has 0 aliphatic heterocycles. The van der Waals surface area contributed by atoms with Gasteiger partial charge in [-0.05, 0) is 18.9 Å². The molecular formula is C16H18N2O2. The van der Waals surface area contributed by atoms with E-state index in [1.807, 2.05) is 35.9 Å². The van der Waals surface area contributed by atoms with Crippen LogP contribution in [-0.2, 0) is 11.8 Å². The second-order valence-electron chi connectivity index (χ2n) is 5.45. The van der Waals surface area contributed by atoms with Crippen molar-refractivity contribution in [2.75, 3.05) is 0 Å². The Bertz CT molecular complexity index is 666. The van der Waals surface area contributed by atoms with E-state index in [0.717, 1.165) is 36.6 Å². The van der Waals surface area contributed by atoms with Crippen molar-refractivity contribution in [2.24, 2.45) is 7.05 Å².